The highest BCUT2D eigenvalue weighted by Crippen LogP contribution is 2.10. The van der Waals surface area contributed by atoms with Gasteiger partial charge in [0, 0.05) is 11.1 Å². The van der Waals surface area contributed by atoms with Crippen LogP contribution in [0.2, 0.25) is 0 Å². The summed E-state index contributed by atoms with van der Waals surface area (Å²) in [5.74, 6) is 0. The van der Waals surface area contributed by atoms with E-state index < -0.39 is 0 Å². The van der Waals surface area contributed by atoms with Crippen LogP contribution in [0.3, 0.4) is 0 Å². The smallest absolute Gasteiger partial charge is 0.0577 e. The minimum atomic E-state index is 0.178. The molecule has 86 valence electrons. The Morgan fingerprint density at radius 2 is 1.43 bits per heavy atom. The minimum Gasteiger partial charge on any atom is -0.297 e. The SMILES string of the molecule is CCC(NC(C)(C)C)NC(C)(C)CC. The van der Waals surface area contributed by atoms with Crippen molar-refractivity contribution in [2.24, 2.45) is 0 Å². The average molecular weight is 200 g/mol. The molecule has 0 saturated carbocycles. The van der Waals surface area contributed by atoms with E-state index in [0.29, 0.717) is 6.17 Å². The van der Waals surface area contributed by atoms with Crippen molar-refractivity contribution >= 4 is 0 Å². The topological polar surface area (TPSA) is 24.1 Å². The molecule has 0 radical (unpaired) electrons. The molecule has 1 atom stereocenters. The van der Waals surface area contributed by atoms with Gasteiger partial charge in [0.15, 0.2) is 0 Å². The first-order valence-corrected chi connectivity index (χ1v) is 5.75. The molecule has 0 aromatic heterocycles. The lowest BCUT2D eigenvalue weighted by atomic mass is 10.0. The zero-order chi connectivity index (χ0) is 11.4. The normalized spacial score (nSPS) is 15.6. The van der Waals surface area contributed by atoms with Gasteiger partial charge in [0.2, 0.25) is 0 Å². The summed E-state index contributed by atoms with van der Waals surface area (Å²) in [4.78, 5) is 0. The summed E-state index contributed by atoms with van der Waals surface area (Å²) >= 11 is 0. The molecule has 14 heavy (non-hydrogen) atoms. The quantitative estimate of drug-likeness (QED) is 0.667. The van der Waals surface area contributed by atoms with Crippen molar-refractivity contribution in [2.45, 2.75) is 78.6 Å². The van der Waals surface area contributed by atoms with Crippen molar-refractivity contribution in [3.63, 3.8) is 0 Å². The van der Waals surface area contributed by atoms with E-state index in [1.807, 2.05) is 0 Å². The molecule has 2 nitrogen and oxygen atoms in total. The number of nitrogens with one attached hydrogen (secondary N) is 2. The molecule has 0 fully saturated rings. The van der Waals surface area contributed by atoms with Crippen LogP contribution in [0.5, 0.6) is 0 Å². The van der Waals surface area contributed by atoms with Gasteiger partial charge in [-0.25, -0.2) is 0 Å². The molecule has 0 heterocycles. The van der Waals surface area contributed by atoms with Crippen LogP contribution in [0.15, 0.2) is 0 Å². The molecule has 1 unspecified atom stereocenters. The van der Waals surface area contributed by atoms with E-state index in [1.165, 1.54) is 0 Å². The highest BCUT2D eigenvalue weighted by Gasteiger charge is 2.22. The van der Waals surface area contributed by atoms with Crippen LogP contribution < -0.4 is 10.6 Å². The van der Waals surface area contributed by atoms with Crippen LogP contribution in [0, 0.1) is 0 Å². The first-order chi connectivity index (χ1) is 6.20. The van der Waals surface area contributed by atoms with E-state index >= 15 is 0 Å². The predicted octanol–water partition coefficient (Wildman–Crippen LogP) is 2.89. The van der Waals surface area contributed by atoms with Crippen LogP contribution >= 0.6 is 0 Å². The third-order valence-corrected chi connectivity index (χ3v) is 2.46. The summed E-state index contributed by atoms with van der Waals surface area (Å²) in [5.41, 5.74) is 0.399. The van der Waals surface area contributed by atoms with Gasteiger partial charge in [-0.3, -0.25) is 10.6 Å². The van der Waals surface area contributed by atoms with E-state index in [9.17, 15) is 0 Å². The molecule has 0 aromatic rings. The number of rotatable bonds is 5. The maximum Gasteiger partial charge on any atom is 0.0577 e. The maximum atomic E-state index is 3.64. The van der Waals surface area contributed by atoms with E-state index in [4.69, 9.17) is 0 Å². The molecule has 0 amide bonds. The summed E-state index contributed by atoms with van der Waals surface area (Å²) in [6, 6.07) is 0. The Hall–Kier alpha value is -0.0800. The van der Waals surface area contributed by atoms with Crippen molar-refractivity contribution in [2.75, 3.05) is 0 Å². The third kappa shape index (κ3) is 6.39. The second-order valence-corrected chi connectivity index (χ2v) is 5.74. The summed E-state index contributed by atoms with van der Waals surface area (Å²) < 4.78 is 0. The molecule has 0 bridgehead atoms. The molecule has 0 aromatic carbocycles. The van der Waals surface area contributed by atoms with Crippen molar-refractivity contribution in [3.05, 3.63) is 0 Å². The molecular weight excluding hydrogens is 172 g/mol. The zero-order valence-electron chi connectivity index (χ0n) is 11.0. The van der Waals surface area contributed by atoms with Gasteiger partial charge in [0.05, 0.1) is 6.17 Å². The molecular formula is C12H28N2. The molecule has 0 aliphatic rings. The van der Waals surface area contributed by atoms with Crippen LogP contribution in [0.1, 0.15) is 61.3 Å². The Kier molecular flexibility index (Phi) is 5.10. The van der Waals surface area contributed by atoms with Crippen molar-refractivity contribution in [3.8, 4) is 0 Å². The molecule has 2 N–H and O–H groups in total. The molecule has 0 spiro atoms. The minimum absolute atomic E-state index is 0.178. The summed E-state index contributed by atoms with van der Waals surface area (Å²) in [7, 11) is 0. The van der Waals surface area contributed by atoms with E-state index in [-0.39, 0.29) is 11.1 Å². The lowest BCUT2D eigenvalue weighted by Gasteiger charge is -2.35. The Balaban J connectivity index is 4.17. The van der Waals surface area contributed by atoms with Gasteiger partial charge in [0.25, 0.3) is 0 Å². The molecule has 0 saturated heterocycles. The van der Waals surface area contributed by atoms with Gasteiger partial charge in [-0.15, -0.1) is 0 Å². The first kappa shape index (κ1) is 13.9. The number of hydrogen-bond acceptors (Lipinski definition) is 2. The zero-order valence-corrected chi connectivity index (χ0v) is 11.0. The molecule has 0 aliphatic carbocycles. The third-order valence-electron chi connectivity index (χ3n) is 2.46. The summed E-state index contributed by atoms with van der Waals surface area (Å²) in [5, 5.41) is 7.22. The van der Waals surface area contributed by atoms with Gasteiger partial charge in [0.1, 0.15) is 0 Å². The first-order valence-electron chi connectivity index (χ1n) is 5.75. The van der Waals surface area contributed by atoms with Crippen LogP contribution in [0.25, 0.3) is 0 Å². The van der Waals surface area contributed by atoms with Crippen molar-refractivity contribution in [1.82, 2.24) is 10.6 Å². The Morgan fingerprint density at radius 3 is 1.71 bits per heavy atom. The lowest BCUT2D eigenvalue weighted by Crippen LogP contribution is -2.56. The van der Waals surface area contributed by atoms with Gasteiger partial charge in [-0.05, 0) is 47.5 Å². The van der Waals surface area contributed by atoms with Crippen LogP contribution in [-0.2, 0) is 0 Å². The van der Waals surface area contributed by atoms with Gasteiger partial charge in [-0.1, -0.05) is 13.8 Å². The molecule has 0 rings (SSSR count). The Bertz CT molecular complexity index is 156. The van der Waals surface area contributed by atoms with Gasteiger partial charge >= 0.3 is 0 Å². The highest BCUT2D eigenvalue weighted by atomic mass is 15.2. The fourth-order valence-corrected chi connectivity index (χ4v) is 1.34. The Morgan fingerprint density at radius 1 is 0.929 bits per heavy atom. The second-order valence-electron chi connectivity index (χ2n) is 5.74. The lowest BCUT2D eigenvalue weighted by molar-refractivity contribution is 0.242. The van der Waals surface area contributed by atoms with E-state index in [0.717, 1.165) is 12.8 Å². The fraction of sp³-hybridized carbons (Fsp3) is 1.00. The largest absolute Gasteiger partial charge is 0.297 e. The van der Waals surface area contributed by atoms with E-state index in [2.05, 4.69) is 59.1 Å². The van der Waals surface area contributed by atoms with Crippen LogP contribution in [0.4, 0.5) is 0 Å². The van der Waals surface area contributed by atoms with Gasteiger partial charge < -0.3 is 0 Å². The fourth-order valence-electron chi connectivity index (χ4n) is 1.34. The average Bonchev–Trinajstić information content (AvgIpc) is 2.00. The summed E-state index contributed by atoms with van der Waals surface area (Å²) in [6.07, 6.45) is 2.67. The van der Waals surface area contributed by atoms with Gasteiger partial charge in [-0.2, -0.15) is 0 Å². The molecule has 0 aliphatic heterocycles. The van der Waals surface area contributed by atoms with Crippen molar-refractivity contribution in [1.29, 1.82) is 0 Å². The maximum absolute atomic E-state index is 3.64. The molecule has 2 heteroatoms. The predicted molar refractivity (Wildman–Crippen MR) is 64.5 cm³/mol. The second kappa shape index (κ2) is 5.13. The van der Waals surface area contributed by atoms with Crippen molar-refractivity contribution < 1.29 is 0 Å². The monoisotopic (exact) mass is 200 g/mol. The summed E-state index contributed by atoms with van der Waals surface area (Å²) in [6.45, 7) is 15.5. The van der Waals surface area contributed by atoms with Crippen LogP contribution in [-0.4, -0.2) is 17.2 Å². The van der Waals surface area contributed by atoms with E-state index in [1.54, 1.807) is 0 Å². The highest BCUT2D eigenvalue weighted by molar-refractivity contribution is 4.83. The Labute approximate surface area is 89.9 Å². The number of hydrogen-bond donors (Lipinski definition) is 2. The standard InChI is InChI=1S/C12H28N2/c1-8-10(13-11(3,4)5)14-12(6,7)9-2/h10,13-14H,8-9H2,1-7H3.